The van der Waals surface area contributed by atoms with Crippen LogP contribution in [0.5, 0.6) is 5.75 Å². The van der Waals surface area contributed by atoms with Crippen LogP contribution in [0.3, 0.4) is 0 Å². The Labute approximate surface area is 205 Å². The van der Waals surface area contributed by atoms with E-state index < -0.39 is 0 Å². The Morgan fingerprint density at radius 2 is 1.91 bits per heavy atom. The molecule has 8 heteroatoms. The number of fused-ring (bicyclic) bond motifs is 1. The number of guanidine groups is 1. The number of hydrogen-bond donors (Lipinski definition) is 0. The third-order valence-electron chi connectivity index (χ3n) is 6.72. The number of esters is 1. The summed E-state index contributed by atoms with van der Waals surface area (Å²) in [5.74, 6) is 1.80. The van der Waals surface area contributed by atoms with Crippen LogP contribution in [0.15, 0.2) is 23.2 Å². The Morgan fingerprint density at radius 3 is 2.50 bits per heavy atom. The van der Waals surface area contributed by atoms with Gasteiger partial charge in [-0.2, -0.15) is 0 Å². The van der Waals surface area contributed by atoms with E-state index in [9.17, 15) is 4.79 Å². The Kier molecular flexibility index (Phi) is 9.76. The lowest BCUT2D eigenvalue weighted by atomic mass is 9.79. The van der Waals surface area contributed by atoms with Crippen molar-refractivity contribution >= 4 is 11.9 Å². The normalized spacial score (nSPS) is 18.6. The molecule has 1 aliphatic rings. The third kappa shape index (κ3) is 7.09. The molecular formula is C26H44N4O4. The number of benzene rings is 1. The standard InChI is InChI=1S/C26H44N4O4/c1-18(15-26(3,4)19(2)34-30(9)25(27-5)28(6)7)17-33-22-12-11-20-14-23(24(31)32-10)29(8)16-21(20)13-22/h11-13,18-19,23H,14-17H2,1-10H3. The molecule has 1 aromatic carbocycles. The van der Waals surface area contributed by atoms with E-state index >= 15 is 0 Å². The number of hydrogen-bond acceptors (Lipinski definition) is 6. The summed E-state index contributed by atoms with van der Waals surface area (Å²) >= 11 is 0. The van der Waals surface area contributed by atoms with Crippen LogP contribution in [0.1, 0.15) is 45.2 Å². The summed E-state index contributed by atoms with van der Waals surface area (Å²) in [4.78, 5) is 26.5. The smallest absolute Gasteiger partial charge is 0.323 e. The molecule has 0 saturated carbocycles. The average Bonchev–Trinajstić information content (AvgIpc) is 2.76. The number of rotatable bonds is 9. The van der Waals surface area contributed by atoms with Crippen molar-refractivity contribution in [3.63, 3.8) is 0 Å². The molecule has 192 valence electrons. The van der Waals surface area contributed by atoms with Gasteiger partial charge in [-0.15, -0.1) is 0 Å². The molecule has 0 amide bonds. The molecule has 0 fully saturated rings. The molecule has 3 atom stereocenters. The molecule has 34 heavy (non-hydrogen) atoms. The van der Waals surface area contributed by atoms with Crippen molar-refractivity contribution in [1.82, 2.24) is 14.9 Å². The minimum atomic E-state index is -0.229. The second-order valence-corrected chi connectivity index (χ2v) is 10.4. The number of hydroxylamine groups is 2. The molecule has 0 N–H and O–H groups in total. The van der Waals surface area contributed by atoms with Gasteiger partial charge in [-0.1, -0.05) is 26.8 Å². The molecule has 0 radical (unpaired) electrons. The second-order valence-electron chi connectivity index (χ2n) is 10.4. The summed E-state index contributed by atoms with van der Waals surface area (Å²) < 4.78 is 11.1. The summed E-state index contributed by atoms with van der Waals surface area (Å²) in [6.07, 6.45) is 1.61. The lowest BCUT2D eigenvalue weighted by Crippen LogP contribution is -2.43. The van der Waals surface area contributed by atoms with E-state index in [2.05, 4.69) is 44.8 Å². The summed E-state index contributed by atoms with van der Waals surface area (Å²) in [7, 11) is 11.0. The first-order valence-electron chi connectivity index (χ1n) is 12.0. The number of carbonyl (C=O) groups excluding carboxylic acids is 1. The van der Waals surface area contributed by atoms with E-state index in [1.165, 1.54) is 18.2 Å². The number of nitrogens with zero attached hydrogens (tertiary/aromatic N) is 4. The van der Waals surface area contributed by atoms with Crippen LogP contribution < -0.4 is 4.74 Å². The first-order valence-corrected chi connectivity index (χ1v) is 12.0. The molecule has 0 spiro atoms. The molecule has 2 rings (SSSR count). The molecule has 3 unspecified atom stereocenters. The Hall–Kier alpha value is -2.32. The van der Waals surface area contributed by atoms with E-state index in [1.807, 2.05) is 44.1 Å². The predicted octanol–water partition coefficient (Wildman–Crippen LogP) is 3.45. The van der Waals surface area contributed by atoms with Crippen LogP contribution in [0.25, 0.3) is 0 Å². The van der Waals surface area contributed by atoms with Crippen molar-refractivity contribution in [2.24, 2.45) is 16.3 Å². The van der Waals surface area contributed by atoms with Crippen molar-refractivity contribution in [3.05, 3.63) is 29.3 Å². The molecule has 0 aliphatic carbocycles. The van der Waals surface area contributed by atoms with Crippen molar-refractivity contribution < 1.29 is 19.1 Å². The first-order chi connectivity index (χ1) is 15.9. The monoisotopic (exact) mass is 476 g/mol. The highest BCUT2D eigenvalue weighted by molar-refractivity contribution is 5.78. The molecule has 8 nitrogen and oxygen atoms in total. The highest BCUT2D eigenvalue weighted by Crippen LogP contribution is 2.33. The lowest BCUT2D eigenvalue weighted by Gasteiger charge is -2.37. The SMILES string of the molecule is CN=C(N(C)C)N(C)OC(C)C(C)(C)CC(C)COc1ccc2c(c1)CN(C)C(C(=O)OC)C2. The fraction of sp³-hybridized carbons (Fsp3) is 0.692. The van der Waals surface area contributed by atoms with Crippen LogP contribution in [-0.2, 0) is 27.3 Å². The van der Waals surface area contributed by atoms with Gasteiger partial charge in [0.15, 0.2) is 0 Å². The van der Waals surface area contributed by atoms with Gasteiger partial charge in [-0.05, 0) is 61.4 Å². The summed E-state index contributed by atoms with van der Waals surface area (Å²) in [5, 5.41) is 1.74. The Balaban J connectivity index is 1.93. The second kappa shape index (κ2) is 11.9. The number of carbonyl (C=O) groups is 1. The fourth-order valence-corrected chi connectivity index (χ4v) is 4.59. The largest absolute Gasteiger partial charge is 0.493 e. The van der Waals surface area contributed by atoms with Gasteiger partial charge in [0.05, 0.1) is 19.8 Å². The Morgan fingerprint density at radius 1 is 1.24 bits per heavy atom. The van der Waals surface area contributed by atoms with Gasteiger partial charge in [0.1, 0.15) is 11.8 Å². The van der Waals surface area contributed by atoms with Crippen molar-refractivity contribution in [1.29, 1.82) is 0 Å². The molecule has 0 bridgehead atoms. The van der Waals surface area contributed by atoms with E-state index in [0.717, 1.165) is 18.1 Å². The molecule has 1 heterocycles. The van der Waals surface area contributed by atoms with Gasteiger partial charge in [-0.3, -0.25) is 19.5 Å². The third-order valence-corrected chi connectivity index (χ3v) is 6.72. The first kappa shape index (κ1) is 27.9. The summed E-state index contributed by atoms with van der Waals surface area (Å²) in [5.41, 5.74) is 2.33. The number of methoxy groups -OCH3 is 1. The highest BCUT2D eigenvalue weighted by atomic mass is 16.7. The molecule has 0 saturated heterocycles. The van der Waals surface area contributed by atoms with Gasteiger partial charge < -0.3 is 14.4 Å². The highest BCUT2D eigenvalue weighted by Gasteiger charge is 2.32. The van der Waals surface area contributed by atoms with Crippen molar-refractivity contribution in [2.75, 3.05) is 49.0 Å². The topological polar surface area (TPSA) is 66.8 Å². The minimum absolute atomic E-state index is 0.00121. The quantitative estimate of drug-likeness (QED) is 0.234. The average molecular weight is 477 g/mol. The predicted molar refractivity (Wildman–Crippen MR) is 136 cm³/mol. The van der Waals surface area contributed by atoms with Crippen LogP contribution >= 0.6 is 0 Å². The van der Waals surface area contributed by atoms with Gasteiger partial charge in [0, 0.05) is 34.7 Å². The number of likely N-dealkylation sites (N-methyl/N-ethyl adjacent to an activating group) is 1. The maximum Gasteiger partial charge on any atom is 0.323 e. The molecule has 1 aromatic rings. The zero-order valence-corrected chi connectivity index (χ0v) is 22.7. The van der Waals surface area contributed by atoms with E-state index in [4.69, 9.17) is 14.3 Å². The summed E-state index contributed by atoms with van der Waals surface area (Å²) in [6, 6.07) is 5.95. The zero-order valence-electron chi connectivity index (χ0n) is 22.7. The number of aliphatic imine (C=N–C) groups is 1. The van der Waals surface area contributed by atoms with E-state index in [1.54, 1.807) is 12.1 Å². The molecular weight excluding hydrogens is 432 g/mol. The van der Waals surface area contributed by atoms with Crippen LogP contribution in [0.4, 0.5) is 0 Å². The molecule has 1 aliphatic heterocycles. The zero-order chi connectivity index (χ0) is 25.6. The van der Waals surface area contributed by atoms with Gasteiger partial charge in [0.25, 0.3) is 0 Å². The molecule has 0 aromatic heterocycles. The van der Waals surface area contributed by atoms with Gasteiger partial charge >= 0.3 is 5.97 Å². The van der Waals surface area contributed by atoms with Crippen molar-refractivity contribution in [3.8, 4) is 5.75 Å². The summed E-state index contributed by atoms with van der Waals surface area (Å²) in [6.45, 7) is 10.1. The number of ether oxygens (including phenoxy) is 2. The van der Waals surface area contributed by atoms with Crippen molar-refractivity contribution in [2.45, 2.75) is 59.2 Å². The minimum Gasteiger partial charge on any atom is -0.493 e. The maximum absolute atomic E-state index is 12.0. The Bertz CT molecular complexity index is 855. The van der Waals surface area contributed by atoms with Gasteiger partial charge in [0.2, 0.25) is 5.96 Å². The van der Waals surface area contributed by atoms with Crippen LogP contribution in [-0.4, -0.2) is 87.9 Å². The lowest BCUT2D eigenvalue weighted by molar-refractivity contribution is -0.169. The maximum atomic E-state index is 12.0. The van der Waals surface area contributed by atoms with E-state index in [-0.39, 0.29) is 23.5 Å². The van der Waals surface area contributed by atoms with Crippen LogP contribution in [0.2, 0.25) is 0 Å². The van der Waals surface area contributed by atoms with Crippen LogP contribution in [0, 0.1) is 11.3 Å². The van der Waals surface area contributed by atoms with Gasteiger partial charge in [-0.25, -0.2) is 5.06 Å². The van der Waals surface area contributed by atoms with E-state index in [0.29, 0.717) is 25.5 Å². The fourth-order valence-electron chi connectivity index (χ4n) is 4.59.